The highest BCUT2D eigenvalue weighted by molar-refractivity contribution is 14.1. The van der Waals surface area contributed by atoms with E-state index < -0.39 is 23.2 Å². The van der Waals surface area contributed by atoms with Crippen molar-refractivity contribution < 1.29 is 33.3 Å². The van der Waals surface area contributed by atoms with Crippen LogP contribution in [0.4, 0.5) is 8.78 Å². The van der Waals surface area contributed by atoms with E-state index in [1.165, 1.54) is 0 Å². The third-order valence-corrected chi connectivity index (χ3v) is 8.23. The number of carboxylic acid groups (broad SMARTS) is 1. The van der Waals surface area contributed by atoms with E-state index in [9.17, 15) is 28.9 Å². The van der Waals surface area contributed by atoms with Crippen molar-refractivity contribution in [2.75, 3.05) is 0 Å². The predicted molar refractivity (Wildman–Crippen MR) is 145 cm³/mol. The van der Waals surface area contributed by atoms with Gasteiger partial charge >= 0.3 is 17.1 Å². The molecule has 0 aliphatic rings. The highest BCUT2D eigenvalue weighted by Crippen LogP contribution is 2.46. The molecule has 1 aromatic heterocycles. The minimum Gasteiger partial charge on any atom is -0.505 e. The second-order valence-electron chi connectivity index (χ2n) is 6.39. The number of rotatable bonds is 2. The molecule has 0 saturated carbocycles. The Balaban J connectivity index is 2.38. The number of phenols is 2. The normalized spacial score (nSPS) is 11.4. The van der Waals surface area contributed by atoms with E-state index in [-0.39, 0.29) is 33.8 Å². The summed E-state index contributed by atoms with van der Waals surface area (Å²) in [6, 6.07) is 4.60. The fourth-order valence-corrected chi connectivity index (χ4v) is 6.86. The minimum absolute atomic E-state index is 0.0450. The highest BCUT2D eigenvalue weighted by Gasteiger charge is 2.32. The maximum atomic E-state index is 14.6. The molecule has 0 spiro atoms. The lowest BCUT2D eigenvalue weighted by Gasteiger charge is -2.12. The number of aromatic carboxylic acids is 1. The van der Waals surface area contributed by atoms with Gasteiger partial charge in [0.05, 0.1) is 17.9 Å². The quantitative estimate of drug-likeness (QED) is 0.112. The first-order chi connectivity index (χ1) is 14.5. The average molecular weight is 873 g/mol. The lowest BCUT2D eigenvalue weighted by Crippen LogP contribution is -2.05. The number of hydrogen-bond donors (Lipinski definition) is 3. The Kier molecular flexibility index (Phi) is 6.41. The highest BCUT2D eigenvalue weighted by atomic mass is 127. The second kappa shape index (κ2) is 8.51. The van der Waals surface area contributed by atoms with Crippen LogP contribution in [0.5, 0.6) is 11.5 Å². The van der Waals surface area contributed by atoms with Crippen molar-refractivity contribution >= 4 is 118 Å². The third kappa shape index (κ3) is 3.81. The zero-order valence-corrected chi connectivity index (χ0v) is 23.4. The van der Waals surface area contributed by atoms with Crippen LogP contribution < -0.4 is 0 Å². The van der Waals surface area contributed by atoms with E-state index in [0.717, 1.165) is 6.07 Å². The van der Waals surface area contributed by atoms with Crippen molar-refractivity contribution in [2.24, 2.45) is 0 Å². The summed E-state index contributed by atoms with van der Waals surface area (Å²) in [4.78, 5) is 11.9. The molecule has 3 aromatic carbocycles. The number of fused-ring (bicyclic) bond motifs is 2. The molecule has 0 bridgehead atoms. The number of benzene rings is 3. The molecule has 0 unspecified atom stereocenters. The molecule has 31 heavy (non-hydrogen) atoms. The predicted octanol–water partition coefficient (Wildman–Crippen LogP) is 7.34. The van der Waals surface area contributed by atoms with Gasteiger partial charge in [-0.1, -0.05) is 0 Å². The minimum atomic E-state index is -1.55. The van der Waals surface area contributed by atoms with Crippen LogP contribution in [-0.4, -0.2) is 21.3 Å². The molecule has 4 rings (SSSR count). The second-order valence-corrected chi connectivity index (χ2v) is 10.9. The number of phenolic OH excluding ortho intramolecular Hbond substituents is 2. The maximum Gasteiger partial charge on any atom is 0.378 e. The monoisotopic (exact) mass is 873 g/mol. The molecule has 4 aromatic rings. The van der Waals surface area contributed by atoms with Gasteiger partial charge in [-0.05, 0) is 109 Å². The number of carboxylic acids is 1. The van der Waals surface area contributed by atoms with Gasteiger partial charge in [-0.25, -0.2) is 18.0 Å². The summed E-state index contributed by atoms with van der Waals surface area (Å²) in [5.74, 6) is -3.80. The van der Waals surface area contributed by atoms with E-state index in [1.54, 1.807) is 12.1 Å². The zero-order chi connectivity index (χ0) is 22.8. The number of hydrogen-bond acceptors (Lipinski definition) is 3. The van der Waals surface area contributed by atoms with Crippen LogP contribution in [-0.2, 0) is 0 Å². The van der Waals surface area contributed by atoms with Gasteiger partial charge in [0.2, 0.25) is 0 Å². The van der Waals surface area contributed by atoms with Gasteiger partial charge in [-0.15, -0.1) is 0 Å². The Morgan fingerprint density at radius 3 is 1.77 bits per heavy atom. The van der Waals surface area contributed by atoms with Gasteiger partial charge in [0, 0.05) is 17.2 Å². The van der Waals surface area contributed by atoms with E-state index >= 15 is 0 Å². The van der Waals surface area contributed by atoms with Crippen LogP contribution in [0.1, 0.15) is 10.4 Å². The molecule has 3 N–H and O–H groups in total. The standard InChI is InChI=1S/C20H6F2I4O5/c21-5-1-6(13(20(29)30)9(22)2-5)12-7-3-10(23)16(27)14(25)18(7)31-19-8(12)4-11(24)17(28)15(19)26/h1-4H,(H2-,27,28,29,30)/p+1. The number of aromatic hydroxyl groups is 2. The summed E-state index contributed by atoms with van der Waals surface area (Å²) in [5.41, 5.74) is -0.253. The van der Waals surface area contributed by atoms with Crippen LogP contribution in [0.15, 0.2) is 28.7 Å². The van der Waals surface area contributed by atoms with Crippen LogP contribution in [0.3, 0.4) is 0 Å². The van der Waals surface area contributed by atoms with Crippen molar-refractivity contribution in [3.63, 3.8) is 0 Å². The Morgan fingerprint density at radius 2 is 1.32 bits per heavy atom. The molecule has 0 aliphatic heterocycles. The van der Waals surface area contributed by atoms with E-state index in [1.807, 2.05) is 90.4 Å². The Bertz CT molecular complexity index is 1380. The van der Waals surface area contributed by atoms with E-state index in [4.69, 9.17) is 4.42 Å². The molecule has 11 heteroatoms. The first kappa shape index (κ1) is 23.3. The summed E-state index contributed by atoms with van der Waals surface area (Å²) < 4.78 is 36.4. The van der Waals surface area contributed by atoms with Crippen LogP contribution in [0.25, 0.3) is 33.1 Å². The lowest BCUT2D eigenvalue weighted by atomic mass is 9.93. The first-order valence-electron chi connectivity index (χ1n) is 8.23. The molecule has 0 atom stereocenters. The SMILES string of the molecule is O=C(O)c1c(F)cc(F)cc1-c1c2cc(I)c(O)c(I)c2[o+]c2c(I)c(O)c(I)cc12. The van der Waals surface area contributed by atoms with Gasteiger partial charge in [0.25, 0.3) is 0 Å². The molecule has 5 nitrogen and oxygen atoms in total. The molecule has 0 radical (unpaired) electrons. The van der Waals surface area contributed by atoms with Crippen LogP contribution in [0, 0.1) is 25.9 Å². The largest absolute Gasteiger partial charge is 0.505 e. The zero-order valence-electron chi connectivity index (χ0n) is 14.7. The molecule has 0 aliphatic carbocycles. The van der Waals surface area contributed by atoms with E-state index in [0.29, 0.717) is 31.1 Å². The summed E-state index contributed by atoms with van der Waals surface area (Å²) in [5, 5.41) is 31.2. The Morgan fingerprint density at radius 1 is 0.839 bits per heavy atom. The molecule has 1 heterocycles. The number of halogens is 6. The summed E-state index contributed by atoms with van der Waals surface area (Å²) in [6.45, 7) is 0. The molecular formula is C20H7F2I4O5+. The van der Waals surface area contributed by atoms with Crippen molar-refractivity contribution in [1.82, 2.24) is 0 Å². The van der Waals surface area contributed by atoms with E-state index in [2.05, 4.69) is 0 Å². The Hall–Kier alpha value is -0.820. The van der Waals surface area contributed by atoms with Gasteiger partial charge in [-0.2, -0.15) is 0 Å². The summed E-state index contributed by atoms with van der Waals surface area (Å²) >= 11 is 7.58. The molecule has 0 fully saturated rings. The smallest absolute Gasteiger partial charge is 0.378 e. The van der Waals surface area contributed by atoms with Crippen molar-refractivity contribution in [3.05, 3.63) is 55.7 Å². The van der Waals surface area contributed by atoms with Crippen molar-refractivity contribution in [3.8, 4) is 22.6 Å². The maximum absolute atomic E-state index is 14.6. The third-order valence-electron chi connectivity index (χ3n) is 4.58. The first-order valence-corrected chi connectivity index (χ1v) is 12.5. The van der Waals surface area contributed by atoms with Crippen LogP contribution in [0.2, 0.25) is 0 Å². The van der Waals surface area contributed by atoms with Gasteiger partial charge < -0.3 is 15.3 Å². The van der Waals surface area contributed by atoms with Gasteiger partial charge in [0.15, 0.2) is 18.6 Å². The lowest BCUT2D eigenvalue weighted by molar-refractivity contribution is 0.0692. The van der Waals surface area contributed by atoms with Gasteiger partial charge in [-0.3, -0.25) is 0 Å². The Labute approximate surface area is 227 Å². The fourth-order valence-electron chi connectivity index (χ4n) is 3.28. The topological polar surface area (TPSA) is 89.1 Å². The summed E-state index contributed by atoms with van der Waals surface area (Å²) in [7, 11) is 0. The number of carbonyl (C=O) groups is 1. The summed E-state index contributed by atoms with van der Waals surface area (Å²) in [6.07, 6.45) is 0. The van der Waals surface area contributed by atoms with Crippen molar-refractivity contribution in [2.45, 2.75) is 0 Å². The van der Waals surface area contributed by atoms with Gasteiger partial charge in [0.1, 0.15) is 17.2 Å². The fraction of sp³-hybridized carbons (Fsp3) is 0. The van der Waals surface area contributed by atoms with Crippen LogP contribution >= 0.6 is 90.4 Å². The molecule has 158 valence electrons. The van der Waals surface area contributed by atoms with Crippen molar-refractivity contribution in [1.29, 1.82) is 0 Å². The molecule has 0 amide bonds. The molecule has 0 saturated heterocycles. The average Bonchev–Trinajstić information content (AvgIpc) is 2.68. The molecular weight excluding hydrogens is 866 g/mol.